The molecule has 2 rings (SSSR count). The van der Waals surface area contributed by atoms with Gasteiger partial charge in [0.25, 0.3) is 5.91 Å². The number of rotatable bonds is 4. The third-order valence-corrected chi connectivity index (χ3v) is 3.92. The minimum Gasteiger partial charge on any atom is -0.397 e. The minimum absolute atomic E-state index is 0.00727. The van der Waals surface area contributed by atoms with Gasteiger partial charge in [0.15, 0.2) is 0 Å². The molecule has 1 aliphatic carbocycles. The zero-order chi connectivity index (χ0) is 14.0. The second-order valence-electron chi connectivity index (χ2n) is 6.43. The lowest BCUT2D eigenvalue weighted by molar-refractivity contribution is 0.0926. The molecule has 19 heavy (non-hydrogen) atoms. The SMILES string of the molecule is CCCn1cc(N)cc1C(=O)NC1CCC(C)(C)C1. The largest absolute Gasteiger partial charge is 0.397 e. The highest BCUT2D eigenvalue weighted by Crippen LogP contribution is 2.37. The lowest BCUT2D eigenvalue weighted by Crippen LogP contribution is -2.34. The Morgan fingerprint density at radius 3 is 2.89 bits per heavy atom. The molecule has 1 aromatic rings. The summed E-state index contributed by atoms with van der Waals surface area (Å²) >= 11 is 0. The Kier molecular flexibility index (Phi) is 3.88. The third kappa shape index (κ3) is 3.31. The van der Waals surface area contributed by atoms with E-state index in [1.807, 2.05) is 10.8 Å². The summed E-state index contributed by atoms with van der Waals surface area (Å²) in [5, 5.41) is 3.15. The van der Waals surface area contributed by atoms with Crippen LogP contribution >= 0.6 is 0 Å². The number of anilines is 1. The molecule has 0 bridgehead atoms. The second-order valence-corrected chi connectivity index (χ2v) is 6.43. The normalized spacial score (nSPS) is 21.5. The number of nitrogens with two attached hydrogens (primary N) is 1. The lowest BCUT2D eigenvalue weighted by Gasteiger charge is -2.18. The monoisotopic (exact) mass is 263 g/mol. The van der Waals surface area contributed by atoms with Crippen molar-refractivity contribution in [2.24, 2.45) is 5.41 Å². The standard InChI is InChI=1S/C15H25N3O/c1-4-7-18-10-11(16)8-13(18)14(19)17-12-5-6-15(2,3)9-12/h8,10,12H,4-7,9,16H2,1-3H3,(H,17,19). The second kappa shape index (κ2) is 5.27. The van der Waals surface area contributed by atoms with Crippen LogP contribution in [-0.4, -0.2) is 16.5 Å². The Balaban J connectivity index is 2.04. The van der Waals surface area contributed by atoms with Gasteiger partial charge in [-0.25, -0.2) is 0 Å². The molecule has 1 fully saturated rings. The first-order valence-electron chi connectivity index (χ1n) is 7.18. The zero-order valence-electron chi connectivity index (χ0n) is 12.2. The first-order valence-corrected chi connectivity index (χ1v) is 7.18. The van der Waals surface area contributed by atoms with Gasteiger partial charge in [-0.3, -0.25) is 4.79 Å². The van der Waals surface area contributed by atoms with Gasteiger partial charge in [0.05, 0.1) is 5.69 Å². The fourth-order valence-electron chi connectivity index (χ4n) is 2.97. The highest BCUT2D eigenvalue weighted by molar-refractivity contribution is 5.94. The quantitative estimate of drug-likeness (QED) is 0.877. The maximum absolute atomic E-state index is 12.3. The number of nitrogens with zero attached hydrogens (tertiary/aromatic N) is 1. The van der Waals surface area contributed by atoms with E-state index >= 15 is 0 Å². The van der Waals surface area contributed by atoms with Crippen LogP contribution in [0.1, 0.15) is 56.9 Å². The van der Waals surface area contributed by atoms with E-state index < -0.39 is 0 Å². The van der Waals surface area contributed by atoms with Gasteiger partial charge >= 0.3 is 0 Å². The summed E-state index contributed by atoms with van der Waals surface area (Å²) in [4.78, 5) is 12.3. The molecule has 1 amide bonds. The number of aryl methyl sites for hydroxylation is 1. The van der Waals surface area contributed by atoms with E-state index in [0.29, 0.717) is 22.8 Å². The van der Waals surface area contributed by atoms with Crippen molar-refractivity contribution in [3.63, 3.8) is 0 Å². The molecular weight excluding hydrogens is 238 g/mol. The molecule has 1 heterocycles. The van der Waals surface area contributed by atoms with Gasteiger partial charge in [0.1, 0.15) is 5.69 Å². The van der Waals surface area contributed by atoms with Gasteiger partial charge < -0.3 is 15.6 Å². The third-order valence-electron chi connectivity index (χ3n) is 3.92. The number of amides is 1. The molecule has 0 aliphatic heterocycles. The van der Waals surface area contributed by atoms with E-state index in [4.69, 9.17) is 5.73 Å². The topological polar surface area (TPSA) is 60.0 Å². The molecule has 0 spiro atoms. The van der Waals surface area contributed by atoms with Crippen molar-refractivity contribution in [1.82, 2.24) is 9.88 Å². The molecule has 4 nitrogen and oxygen atoms in total. The number of nitrogen functional groups attached to an aromatic ring is 1. The summed E-state index contributed by atoms with van der Waals surface area (Å²) in [5.74, 6) is 0.00727. The van der Waals surface area contributed by atoms with Gasteiger partial charge in [-0.15, -0.1) is 0 Å². The molecule has 0 saturated heterocycles. The van der Waals surface area contributed by atoms with Gasteiger partial charge in [-0.05, 0) is 37.2 Å². The van der Waals surface area contributed by atoms with Crippen molar-refractivity contribution in [1.29, 1.82) is 0 Å². The van der Waals surface area contributed by atoms with Crippen molar-refractivity contribution in [2.75, 3.05) is 5.73 Å². The number of nitrogens with one attached hydrogen (secondary N) is 1. The Morgan fingerprint density at radius 2 is 2.32 bits per heavy atom. The predicted octanol–water partition coefficient (Wildman–Crippen LogP) is 2.79. The van der Waals surface area contributed by atoms with Crippen molar-refractivity contribution >= 4 is 11.6 Å². The van der Waals surface area contributed by atoms with Gasteiger partial charge in [-0.1, -0.05) is 20.8 Å². The van der Waals surface area contributed by atoms with E-state index in [1.165, 1.54) is 6.42 Å². The summed E-state index contributed by atoms with van der Waals surface area (Å²) in [6, 6.07) is 2.07. The average molecular weight is 263 g/mol. The van der Waals surface area contributed by atoms with Crippen LogP contribution in [0.15, 0.2) is 12.3 Å². The summed E-state index contributed by atoms with van der Waals surface area (Å²) in [7, 11) is 0. The highest BCUT2D eigenvalue weighted by Gasteiger charge is 2.32. The summed E-state index contributed by atoms with van der Waals surface area (Å²) in [5.41, 5.74) is 7.49. The Labute approximate surface area is 115 Å². The van der Waals surface area contributed by atoms with E-state index in [1.54, 1.807) is 6.07 Å². The van der Waals surface area contributed by atoms with Gasteiger partial charge in [0.2, 0.25) is 0 Å². The lowest BCUT2D eigenvalue weighted by atomic mass is 9.92. The molecule has 106 valence electrons. The summed E-state index contributed by atoms with van der Waals surface area (Å²) in [6.07, 6.45) is 6.14. The van der Waals surface area contributed by atoms with Crippen LogP contribution in [0.5, 0.6) is 0 Å². The van der Waals surface area contributed by atoms with Crippen LogP contribution in [-0.2, 0) is 6.54 Å². The van der Waals surface area contributed by atoms with Crippen LogP contribution in [0.3, 0.4) is 0 Å². The summed E-state index contributed by atoms with van der Waals surface area (Å²) < 4.78 is 1.95. The molecule has 1 unspecified atom stereocenters. The van der Waals surface area contributed by atoms with Crippen molar-refractivity contribution < 1.29 is 4.79 Å². The smallest absolute Gasteiger partial charge is 0.268 e. The maximum Gasteiger partial charge on any atom is 0.268 e. The molecule has 1 aliphatic rings. The highest BCUT2D eigenvalue weighted by atomic mass is 16.2. The number of hydrogen-bond donors (Lipinski definition) is 2. The Bertz CT molecular complexity index is 462. The zero-order valence-corrected chi connectivity index (χ0v) is 12.2. The van der Waals surface area contributed by atoms with E-state index in [-0.39, 0.29) is 5.91 Å². The Morgan fingerprint density at radius 1 is 1.58 bits per heavy atom. The van der Waals surface area contributed by atoms with E-state index in [2.05, 4.69) is 26.1 Å². The van der Waals surface area contributed by atoms with E-state index in [9.17, 15) is 4.79 Å². The molecule has 0 radical (unpaired) electrons. The minimum atomic E-state index is 0.00727. The fraction of sp³-hybridized carbons (Fsp3) is 0.667. The number of carbonyl (C=O) groups excluding carboxylic acids is 1. The van der Waals surface area contributed by atoms with Crippen LogP contribution in [0.2, 0.25) is 0 Å². The molecular formula is C15H25N3O. The van der Waals surface area contributed by atoms with Crippen molar-refractivity contribution in [3.05, 3.63) is 18.0 Å². The van der Waals surface area contributed by atoms with Crippen LogP contribution < -0.4 is 11.1 Å². The average Bonchev–Trinajstić information content (AvgIpc) is 2.82. The van der Waals surface area contributed by atoms with E-state index in [0.717, 1.165) is 25.8 Å². The van der Waals surface area contributed by atoms with Crippen LogP contribution in [0.25, 0.3) is 0 Å². The number of carbonyl (C=O) groups is 1. The maximum atomic E-state index is 12.3. The first-order chi connectivity index (χ1) is 8.91. The number of hydrogen-bond acceptors (Lipinski definition) is 2. The molecule has 3 N–H and O–H groups in total. The van der Waals surface area contributed by atoms with Crippen LogP contribution in [0.4, 0.5) is 5.69 Å². The summed E-state index contributed by atoms with van der Waals surface area (Å²) in [6.45, 7) is 7.45. The molecule has 0 aromatic carbocycles. The first kappa shape index (κ1) is 14.0. The van der Waals surface area contributed by atoms with Crippen LogP contribution in [0, 0.1) is 5.41 Å². The predicted molar refractivity (Wildman–Crippen MR) is 78.0 cm³/mol. The molecule has 4 heteroatoms. The van der Waals surface area contributed by atoms with Gasteiger partial charge in [0, 0.05) is 18.8 Å². The Hall–Kier alpha value is -1.45. The molecule has 1 saturated carbocycles. The molecule has 1 atom stereocenters. The van der Waals surface area contributed by atoms with Gasteiger partial charge in [-0.2, -0.15) is 0 Å². The van der Waals surface area contributed by atoms with Crippen molar-refractivity contribution in [2.45, 2.75) is 59.0 Å². The molecule has 1 aromatic heterocycles. The number of aromatic nitrogens is 1. The fourth-order valence-corrected chi connectivity index (χ4v) is 2.97. The van der Waals surface area contributed by atoms with Crippen molar-refractivity contribution in [3.8, 4) is 0 Å².